The highest BCUT2D eigenvalue weighted by atomic mass is 16.5. The average molecular weight is 278 g/mol. The second kappa shape index (κ2) is 6.37. The fourth-order valence-corrected chi connectivity index (χ4v) is 2.76. The van der Waals surface area contributed by atoms with Crippen LogP contribution in [0.2, 0.25) is 0 Å². The molecule has 0 aliphatic carbocycles. The van der Waals surface area contributed by atoms with E-state index in [1.807, 2.05) is 6.20 Å². The van der Waals surface area contributed by atoms with Crippen molar-refractivity contribution in [1.82, 2.24) is 20.2 Å². The molecule has 6 heteroatoms. The van der Waals surface area contributed by atoms with E-state index in [4.69, 9.17) is 4.74 Å². The number of fused-ring (bicyclic) bond motifs is 1. The summed E-state index contributed by atoms with van der Waals surface area (Å²) in [4.78, 5) is 16.6. The van der Waals surface area contributed by atoms with E-state index < -0.39 is 0 Å². The van der Waals surface area contributed by atoms with E-state index >= 15 is 0 Å². The zero-order chi connectivity index (χ0) is 13.8. The Kier molecular flexibility index (Phi) is 4.32. The SMILES string of the molecule is O=C(NCC1CCOCC1)c1cn2c(n1)CCNCC2. The minimum atomic E-state index is -0.0509. The van der Waals surface area contributed by atoms with Crippen molar-refractivity contribution < 1.29 is 9.53 Å². The van der Waals surface area contributed by atoms with Crippen LogP contribution in [0.1, 0.15) is 29.2 Å². The number of carbonyl (C=O) groups excluding carboxylic acids is 1. The van der Waals surface area contributed by atoms with E-state index in [0.717, 1.165) is 64.5 Å². The van der Waals surface area contributed by atoms with Gasteiger partial charge in [0.1, 0.15) is 11.5 Å². The van der Waals surface area contributed by atoms with E-state index in [0.29, 0.717) is 11.6 Å². The molecule has 0 saturated carbocycles. The minimum absolute atomic E-state index is 0.0509. The maximum absolute atomic E-state index is 12.2. The van der Waals surface area contributed by atoms with Gasteiger partial charge in [0, 0.05) is 52.0 Å². The first-order valence-electron chi connectivity index (χ1n) is 7.45. The van der Waals surface area contributed by atoms with Crippen LogP contribution in [-0.2, 0) is 17.7 Å². The normalized spacial score (nSPS) is 20.2. The highest BCUT2D eigenvalue weighted by Crippen LogP contribution is 2.13. The topological polar surface area (TPSA) is 68.2 Å². The van der Waals surface area contributed by atoms with Gasteiger partial charge in [-0.05, 0) is 18.8 Å². The molecule has 1 amide bonds. The molecule has 6 nitrogen and oxygen atoms in total. The third-order valence-corrected chi connectivity index (χ3v) is 4.04. The van der Waals surface area contributed by atoms with Crippen LogP contribution in [0, 0.1) is 5.92 Å². The third-order valence-electron chi connectivity index (χ3n) is 4.04. The summed E-state index contributed by atoms with van der Waals surface area (Å²) in [7, 11) is 0. The van der Waals surface area contributed by atoms with Gasteiger partial charge in [-0.2, -0.15) is 0 Å². The quantitative estimate of drug-likeness (QED) is 0.828. The van der Waals surface area contributed by atoms with Gasteiger partial charge in [0.25, 0.3) is 5.91 Å². The van der Waals surface area contributed by atoms with Crippen LogP contribution in [0.15, 0.2) is 6.20 Å². The second-order valence-electron chi connectivity index (χ2n) is 5.50. The predicted molar refractivity (Wildman–Crippen MR) is 74.7 cm³/mol. The number of rotatable bonds is 3. The van der Waals surface area contributed by atoms with Crippen LogP contribution in [-0.4, -0.2) is 48.3 Å². The fourth-order valence-electron chi connectivity index (χ4n) is 2.76. The first-order valence-corrected chi connectivity index (χ1v) is 7.45. The fraction of sp³-hybridized carbons (Fsp3) is 0.714. The van der Waals surface area contributed by atoms with Crippen molar-refractivity contribution in [3.8, 4) is 0 Å². The lowest BCUT2D eigenvalue weighted by Gasteiger charge is -2.21. The molecule has 0 bridgehead atoms. The molecule has 20 heavy (non-hydrogen) atoms. The molecule has 0 spiro atoms. The van der Waals surface area contributed by atoms with Gasteiger partial charge in [0.2, 0.25) is 0 Å². The Labute approximate surface area is 118 Å². The molecule has 2 aliphatic heterocycles. The summed E-state index contributed by atoms with van der Waals surface area (Å²) in [5.41, 5.74) is 0.550. The summed E-state index contributed by atoms with van der Waals surface area (Å²) in [6.45, 7) is 5.10. The molecule has 1 saturated heterocycles. The Bertz CT molecular complexity index is 442. The van der Waals surface area contributed by atoms with E-state index in [1.165, 1.54) is 0 Å². The number of amides is 1. The number of hydrogen-bond donors (Lipinski definition) is 2. The number of ether oxygens (including phenoxy) is 1. The first kappa shape index (κ1) is 13.6. The monoisotopic (exact) mass is 278 g/mol. The number of carbonyl (C=O) groups is 1. The van der Waals surface area contributed by atoms with Crippen molar-refractivity contribution in [2.75, 3.05) is 32.8 Å². The Hall–Kier alpha value is -1.40. The van der Waals surface area contributed by atoms with E-state index in [-0.39, 0.29) is 5.91 Å². The van der Waals surface area contributed by atoms with Crippen LogP contribution in [0.5, 0.6) is 0 Å². The van der Waals surface area contributed by atoms with Crippen LogP contribution < -0.4 is 10.6 Å². The van der Waals surface area contributed by atoms with E-state index in [9.17, 15) is 4.79 Å². The van der Waals surface area contributed by atoms with Crippen LogP contribution >= 0.6 is 0 Å². The summed E-state index contributed by atoms with van der Waals surface area (Å²) < 4.78 is 7.41. The molecule has 3 rings (SSSR count). The maximum atomic E-state index is 12.2. The van der Waals surface area contributed by atoms with Crippen molar-refractivity contribution in [3.05, 3.63) is 17.7 Å². The van der Waals surface area contributed by atoms with Crippen molar-refractivity contribution in [2.45, 2.75) is 25.8 Å². The summed E-state index contributed by atoms with van der Waals surface area (Å²) >= 11 is 0. The molecule has 110 valence electrons. The van der Waals surface area contributed by atoms with Gasteiger partial charge in [-0.3, -0.25) is 4.79 Å². The van der Waals surface area contributed by atoms with Gasteiger partial charge in [0.05, 0.1) is 0 Å². The van der Waals surface area contributed by atoms with Gasteiger partial charge in [-0.15, -0.1) is 0 Å². The molecular formula is C14H22N4O2. The number of aromatic nitrogens is 2. The second-order valence-corrected chi connectivity index (χ2v) is 5.50. The van der Waals surface area contributed by atoms with Gasteiger partial charge >= 0.3 is 0 Å². The highest BCUT2D eigenvalue weighted by molar-refractivity contribution is 5.92. The smallest absolute Gasteiger partial charge is 0.271 e. The summed E-state index contributed by atoms with van der Waals surface area (Å²) in [5.74, 6) is 1.49. The number of imidazole rings is 1. The molecule has 0 aromatic carbocycles. The van der Waals surface area contributed by atoms with Gasteiger partial charge < -0.3 is 19.9 Å². The molecule has 2 N–H and O–H groups in total. The Balaban J connectivity index is 1.56. The van der Waals surface area contributed by atoms with E-state index in [1.54, 1.807) is 0 Å². The molecule has 2 aliphatic rings. The largest absolute Gasteiger partial charge is 0.381 e. The standard InChI is InChI=1S/C14H22N4O2/c19-14(16-9-11-2-7-20-8-3-11)12-10-18-6-5-15-4-1-13(18)17-12/h10-11,15H,1-9H2,(H,16,19). The average Bonchev–Trinajstić information content (AvgIpc) is 2.77. The summed E-state index contributed by atoms with van der Waals surface area (Å²) in [5, 5.41) is 6.33. The van der Waals surface area contributed by atoms with Crippen LogP contribution in [0.4, 0.5) is 0 Å². The lowest BCUT2D eigenvalue weighted by Crippen LogP contribution is -2.32. The molecular weight excluding hydrogens is 256 g/mol. The first-order chi connectivity index (χ1) is 9.83. The van der Waals surface area contributed by atoms with Crippen LogP contribution in [0.3, 0.4) is 0 Å². The van der Waals surface area contributed by atoms with Crippen molar-refractivity contribution in [3.63, 3.8) is 0 Å². The van der Waals surface area contributed by atoms with E-state index in [2.05, 4.69) is 20.2 Å². The number of hydrogen-bond acceptors (Lipinski definition) is 4. The lowest BCUT2D eigenvalue weighted by atomic mass is 10.0. The molecule has 3 heterocycles. The zero-order valence-corrected chi connectivity index (χ0v) is 11.7. The molecule has 1 aromatic heterocycles. The third kappa shape index (κ3) is 3.19. The van der Waals surface area contributed by atoms with Gasteiger partial charge in [-0.25, -0.2) is 4.98 Å². The number of nitrogens with one attached hydrogen (secondary N) is 2. The Morgan fingerprint density at radius 1 is 1.45 bits per heavy atom. The minimum Gasteiger partial charge on any atom is -0.381 e. The lowest BCUT2D eigenvalue weighted by molar-refractivity contribution is 0.0642. The Morgan fingerprint density at radius 2 is 2.30 bits per heavy atom. The molecule has 0 radical (unpaired) electrons. The molecule has 0 unspecified atom stereocenters. The Morgan fingerprint density at radius 3 is 3.15 bits per heavy atom. The highest BCUT2D eigenvalue weighted by Gasteiger charge is 2.18. The van der Waals surface area contributed by atoms with Crippen molar-refractivity contribution in [2.24, 2.45) is 5.92 Å². The molecule has 1 aromatic rings. The maximum Gasteiger partial charge on any atom is 0.271 e. The molecule has 0 atom stereocenters. The summed E-state index contributed by atoms with van der Waals surface area (Å²) in [6, 6.07) is 0. The number of nitrogens with zero attached hydrogens (tertiary/aromatic N) is 2. The predicted octanol–water partition coefficient (Wildman–Crippen LogP) is 0.185. The van der Waals surface area contributed by atoms with Crippen molar-refractivity contribution >= 4 is 5.91 Å². The van der Waals surface area contributed by atoms with Crippen molar-refractivity contribution in [1.29, 1.82) is 0 Å². The van der Waals surface area contributed by atoms with Gasteiger partial charge in [-0.1, -0.05) is 0 Å². The van der Waals surface area contributed by atoms with Crippen LogP contribution in [0.25, 0.3) is 0 Å². The molecule has 1 fully saturated rings. The summed E-state index contributed by atoms with van der Waals surface area (Å²) in [6.07, 6.45) is 4.83. The zero-order valence-electron chi connectivity index (χ0n) is 11.7. The van der Waals surface area contributed by atoms with Gasteiger partial charge in [0.15, 0.2) is 0 Å².